The molecule has 2 aliphatic rings. The molecule has 0 saturated carbocycles. The summed E-state index contributed by atoms with van der Waals surface area (Å²) < 4.78 is 12.5. The third-order valence-corrected chi connectivity index (χ3v) is 6.20. The smallest absolute Gasteiger partial charge is 0.411 e. The first-order chi connectivity index (χ1) is 16.1. The number of nitrogens with zero attached hydrogens (tertiary/aromatic N) is 5. The Hall–Kier alpha value is -3.24. The van der Waals surface area contributed by atoms with E-state index in [4.69, 9.17) is 19.8 Å². The zero-order valence-electron chi connectivity index (χ0n) is 19.0. The number of benzene rings is 1. The summed E-state index contributed by atoms with van der Waals surface area (Å²) in [5.74, 6) is 1.53. The fourth-order valence-corrected chi connectivity index (χ4v) is 4.48. The fourth-order valence-electron chi connectivity index (χ4n) is 4.48. The predicted octanol–water partition coefficient (Wildman–Crippen LogP) is 2.82. The summed E-state index contributed by atoms with van der Waals surface area (Å²) in [5.41, 5.74) is 2.37. The van der Waals surface area contributed by atoms with Crippen LogP contribution in [0.5, 0.6) is 0 Å². The largest absolute Gasteiger partial charge is 0.453 e. The standard InChI is InChI=1S/C23H29N7O3/c1-15-14-29(11-12-33-15)21-19-13-25-30(18-7-9-24-10-8-18)22(19)28-20(27-21)16-3-5-17(6-4-16)26-23(31)32-2/h3-6,13,15,18,24H,7-12,14H2,1-2H3,(H,26,31). The van der Waals surface area contributed by atoms with Gasteiger partial charge in [0.05, 0.1) is 37.4 Å². The third-order valence-electron chi connectivity index (χ3n) is 6.20. The maximum Gasteiger partial charge on any atom is 0.411 e. The van der Waals surface area contributed by atoms with E-state index in [0.717, 1.165) is 61.4 Å². The number of anilines is 2. The highest BCUT2D eigenvalue weighted by atomic mass is 16.5. The maximum atomic E-state index is 11.5. The lowest BCUT2D eigenvalue weighted by molar-refractivity contribution is 0.0530. The van der Waals surface area contributed by atoms with E-state index in [1.165, 1.54) is 7.11 Å². The van der Waals surface area contributed by atoms with Crippen molar-refractivity contribution in [1.82, 2.24) is 25.1 Å². The highest BCUT2D eigenvalue weighted by Crippen LogP contribution is 2.32. The number of methoxy groups -OCH3 is 1. The first kappa shape index (κ1) is 21.6. The topological polar surface area (TPSA) is 106 Å². The van der Waals surface area contributed by atoms with Gasteiger partial charge in [0.1, 0.15) is 5.82 Å². The molecule has 2 aliphatic heterocycles. The quantitative estimate of drug-likeness (QED) is 0.624. The SMILES string of the molecule is COC(=O)Nc1ccc(-c2nc(N3CCOC(C)C3)c3cnn(C4CCNCC4)c3n2)cc1. The Morgan fingerprint density at radius 1 is 1.21 bits per heavy atom. The van der Waals surface area contributed by atoms with E-state index in [1.54, 1.807) is 0 Å². The van der Waals surface area contributed by atoms with Crippen LogP contribution in [0.15, 0.2) is 30.5 Å². The summed E-state index contributed by atoms with van der Waals surface area (Å²) in [7, 11) is 1.34. The molecule has 0 aliphatic carbocycles. The van der Waals surface area contributed by atoms with Crippen molar-refractivity contribution in [3.8, 4) is 11.4 Å². The third kappa shape index (κ3) is 4.49. The molecule has 10 heteroatoms. The van der Waals surface area contributed by atoms with Crippen LogP contribution in [-0.4, -0.2) is 71.8 Å². The summed E-state index contributed by atoms with van der Waals surface area (Å²) >= 11 is 0. The van der Waals surface area contributed by atoms with Gasteiger partial charge in [-0.05, 0) is 57.1 Å². The first-order valence-electron chi connectivity index (χ1n) is 11.4. The molecule has 4 heterocycles. The predicted molar refractivity (Wildman–Crippen MR) is 126 cm³/mol. The summed E-state index contributed by atoms with van der Waals surface area (Å²) in [5, 5.41) is 11.8. The number of fused-ring (bicyclic) bond motifs is 1. The van der Waals surface area contributed by atoms with Crippen LogP contribution in [-0.2, 0) is 9.47 Å². The van der Waals surface area contributed by atoms with E-state index in [1.807, 2.05) is 30.5 Å². The molecule has 174 valence electrons. The number of amides is 1. The van der Waals surface area contributed by atoms with Gasteiger partial charge in [0.2, 0.25) is 0 Å². The number of morpholine rings is 1. The molecule has 2 N–H and O–H groups in total. The Kier molecular flexibility index (Phi) is 6.10. The Labute approximate surface area is 192 Å². The van der Waals surface area contributed by atoms with Crippen molar-refractivity contribution in [1.29, 1.82) is 0 Å². The Balaban J connectivity index is 1.56. The molecule has 0 radical (unpaired) electrons. The van der Waals surface area contributed by atoms with Gasteiger partial charge in [-0.1, -0.05) is 0 Å². The van der Waals surface area contributed by atoms with Crippen LogP contribution in [0.3, 0.4) is 0 Å². The number of hydrogen-bond donors (Lipinski definition) is 2. The molecule has 33 heavy (non-hydrogen) atoms. The lowest BCUT2D eigenvalue weighted by atomic mass is 10.1. The molecule has 1 atom stereocenters. The minimum atomic E-state index is -0.505. The van der Waals surface area contributed by atoms with Gasteiger partial charge in [-0.25, -0.2) is 19.4 Å². The molecule has 5 rings (SSSR count). The zero-order chi connectivity index (χ0) is 22.8. The van der Waals surface area contributed by atoms with Crippen LogP contribution < -0.4 is 15.5 Å². The second kappa shape index (κ2) is 9.32. The zero-order valence-corrected chi connectivity index (χ0v) is 19.0. The maximum absolute atomic E-state index is 11.5. The van der Waals surface area contributed by atoms with Gasteiger partial charge in [0.25, 0.3) is 0 Å². The van der Waals surface area contributed by atoms with Gasteiger partial charge < -0.3 is 19.7 Å². The Morgan fingerprint density at radius 3 is 2.73 bits per heavy atom. The van der Waals surface area contributed by atoms with Gasteiger partial charge in [0, 0.05) is 24.3 Å². The highest BCUT2D eigenvalue weighted by molar-refractivity contribution is 5.89. The van der Waals surface area contributed by atoms with Crippen molar-refractivity contribution < 1.29 is 14.3 Å². The summed E-state index contributed by atoms with van der Waals surface area (Å²) in [6, 6.07) is 7.77. The second-order valence-corrected chi connectivity index (χ2v) is 8.50. The molecule has 2 fully saturated rings. The van der Waals surface area contributed by atoms with Crippen molar-refractivity contribution in [3.63, 3.8) is 0 Å². The van der Waals surface area contributed by atoms with Gasteiger partial charge in [-0.3, -0.25) is 5.32 Å². The molecule has 1 amide bonds. The van der Waals surface area contributed by atoms with E-state index in [9.17, 15) is 4.79 Å². The van der Waals surface area contributed by atoms with E-state index >= 15 is 0 Å². The van der Waals surface area contributed by atoms with Crippen LogP contribution in [0.1, 0.15) is 25.8 Å². The first-order valence-corrected chi connectivity index (χ1v) is 11.4. The molecule has 3 aromatic rings. The fraction of sp³-hybridized carbons (Fsp3) is 0.478. The second-order valence-electron chi connectivity index (χ2n) is 8.50. The number of ether oxygens (including phenoxy) is 2. The van der Waals surface area contributed by atoms with Gasteiger partial charge in [-0.2, -0.15) is 5.10 Å². The van der Waals surface area contributed by atoms with E-state index < -0.39 is 6.09 Å². The van der Waals surface area contributed by atoms with Gasteiger partial charge in [0.15, 0.2) is 11.5 Å². The summed E-state index contributed by atoms with van der Waals surface area (Å²) in [6.45, 7) is 6.25. The number of rotatable bonds is 4. The molecule has 2 saturated heterocycles. The molecule has 1 unspecified atom stereocenters. The molecule has 0 spiro atoms. The van der Waals surface area contributed by atoms with Gasteiger partial charge >= 0.3 is 6.09 Å². The number of aromatic nitrogens is 4. The van der Waals surface area contributed by atoms with Crippen molar-refractivity contribution >= 4 is 28.6 Å². The Bertz CT molecular complexity index is 1130. The van der Waals surface area contributed by atoms with E-state index in [2.05, 4.69) is 31.9 Å². The number of hydrogen-bond acceptors (Lipinski definition) is 8. The minimum Gasteiger partial charge on any atom is -0.453 e. The normalized spacial score (nSPS) is 19.6. The molecule has 10 nitrogen and oxygen atoms in total. The molecular formula is C23H29N7O3. The highest BCUT2D eigenvalue weighted by Gasteiger charge is 2.25. The minimum absolute atomic E-state index is 0.135. The monoisotopic (exact) mass is 451 g/mol. The number of nitrogens with one attached hydrogen (secondary N) is 2. The van der Waals surface area contributed by atoms with Crippen LogP contribution in [0.2, 0.25) is 0 Å². The van der Waals surface area contributed by atoms with Crippen LogP contribution in [0.25, 0.3) is 22.4 Å². The average Bonchev–Trinajstić information content (AvgIpc) is 3.28. The average molecular weight is 452 g/mol. The Morgan fingerprint density at radius 2 is 2.00 bits per heavy atom. The lowest BCUT2D eigenvalue weighted by Gasteiger charge is -2.32. The van der Waals surface area contributed by atoms with E-state index in [-0.39, 0.29) is 6.10 Å². The summed E-state index contributed by atoms with van der Waals surface area (Å²) in [4.78, 5) is 23.7. The number of piperidine rings is 1. The lowest BCUT2D eigenvalue weighted by Crippen LogP contribution is -2.41. The van der Waals surface area contributed by atoms with Gasteiger partial charge in [-0.15, -0.1) is 0 Å². The molecular weight excluding hydrogens is 422 g/mol. The van der Waals surface area contributed by atoms with Crippen LogP contribution in [0.4, 0.5) is 16.3 Å². The van der Waals surface area contributed by atoms with Crippen molar-refractivity contribution in [2.45, 2.75) is 31.9 Å². The van der Waals surface area contributed by atoms with E-state index in [0.29, 0.717) is 24.2 Å². The summed E-state index contributed by atoms with van der Waals surface area (Å²) in [6.07, 6.45) is 3.58. The van der Waals surface area contributed by atoms with Crippen molar-refractivity contribution in [2.24, 2.45) is 0 Å². The number of carbonyl (C=O) groups is 1. The molecule has 2 aromatic heterocycles. The van der Waals surface area contributed by atoms with Crippen molar-refractivity contribution in [2.75, 3.05) is 50.1 Å². The van der Waals surface area contributed by atoms with Crippen molar-refractivity contribution in [3.05, 3.63) is 30.5 Å². The number of carbonyl (C=O) groups excluding carboxylic acids is 1. The molecule has 0 bridgehead atoms. The van der Waals surface area contributed by atoms with Crippen LogP contribution >= 0.6 is 0 Å². The molecule has 1 aromatic carbocycles. The van der Waals surface area contributed by atoms with Crippen LogP contribution in [0, 0.1) is 0 Å².